The minimum absolute atomic E-state index is 0.129. The molecule has 32 heavy (non-hydrogen) atoms. The fourth-order valence-electron chi connectivity index (χ4n) is 3.31. The number of carbonyl (C=O) groups excluding carboxylic acids is 2. The topological polar surface area (TPSA) is 106 Å². The Labute approximate surface area is 176 Å². The second-order valence-corrected chi connectivity index (χ2v) is 7.46. The summed E-state index contributed by atoms with van der Waals surface area (Å²) < 4.78 is 79.8. The quantitative estimate of drug-likeness (QED) is 0.654. The highest BCUT2D eigenvalue weighted by Gasteiger charge is 2.63. The molecule has 2 atom stereocenters. The number of carbonyl (C=O) groups is 2. The van der Waals surface area contributed by atoms with E-state index in [2.05, 4.69) is 10.2 Å². The van der Waals surface area contributed by atoms with Crippen LogP contribution in [0.3, 0.4) is 0 Å². The molecule has 14 heteroatoms. The highest BCUT2D eigenvalue weighted by atomic mass is 19.4. The highest BCUT2D eigenvalue weighted by molar-refractivity contribution is 6.01. The third-order valence-corrected chi connectivity index (χ3v) is 4.92. The molecule has 2 aliphatic rings. The molecule has 0 unspecified atom stereocenters. The van der Waals surface area contributed by atoms with Gasteiger partial charge < -0.3 is 10.2 Å². The van der Waals surface area contributed by atoms with E-state index in [1.54, 1.807) is 0 Å². The zero-order valence-corrected chi connectivity index (χ0v) is 16.5. The molecule has 0 saturated heterocycles. The van der Waals surface area contributed by atoms with Gasteiger partial charge in [0.2, 0.25) is 0 Å². The van der Waals surface area contributed by atoms with Crippen molar-refractivity contribution in [2.45, 2.75) is 50.5 Å². The Morgan fingerprint density at radius 1 is 0.781 bits per heavy atom. The number of aliphatic hydroxyl groups is 2. The molecule has 0 aromatic heterocycles. The molecule has 2 aliphatic heterocycles. The van der Waals surface area contributed by atoms with Crippen LogP contribution in [0.25, 0.3) is 0 Å². The van der Waals surface area contributed by atoms with E-state index >= 15 is 0 Å². The van der Waals surface area contributed by atoms with Gasteiger partial charge in [0, 0.05) is 35.4 Å². The summed E-state index contributed by atoms with van der Waals surface area (Å²) in [5.41, 5.74) is -8.27. The molecule has 1 aromatic carbocycles. The Bertz CT molecular complexity index is 939. The van der Waals surface area contributed by atoms with E-state index < -0.39 is 59.6 Å². The van der Waals surface area contributed by atoms with Crippen LogP contribution in [0.4, 0.5) is 26.3 Å². The number of hydrogen-bond acceptors (Lipinski definition) is 6. The smallest absolute Gasteiger partial charge is 0.362 e. The summed E-state index contributed by atoms with van der Waals surface area (Å²) in [6.07, 6.45) is -12.3. The molecule has 8 nitrogen and oxygen atoms in total. The van der Waals surface area contributed by atoms with Gasteiger partial charge in [0.25, 0.3) is 23.3 Å². The van der Waals surface area contributed by atoms with Crippen LogP contribution in [-0.2, 0) is 0 Å². The number of rotatable bonds is 2. The Balaban J connectivity index is 1.88. The van der Waals surface area contributed by atoms with Crippen LogP contribution < -0.4 is 0 Å². The van der Waals surface area contributed by atoms with E-state index in [9.17, 15) is 46.1 Å². The second-order valence-electron chi connectivity index (χ2n) is 7.46. The first-order chi connectivity index (χ1) is 14.5. The molecule has 0 aliphatic carbocycles. The Morgan fingerprint density at radius 2 is 1.06 bits per heavy atom. The number of benzene rings is 1. The van der Waals surface area contributed by atoms with Gasteiger partial charge in [0.1, 0.15) is 0 Å². The SMILES string of the molecule is CC1=NN(C(=O)c2ccc(C(=O)N3N=C(C)C[C@]3(O)C(F)(F)F)cc2)[C@@](O)(C(F)(F)F)C1. The van der Waals surface area contributed by atoms with Gasteiger partial charge in [-0.05, 0) is 38.1 Å². The molecule has 0 spiro atoms. The lowest BCUT2D eigenvalue weighted by Crippen LogP contribution is -2.56. The lowest BCUT2D eigenvalue weighted by Gasteiger charge is -2.33. The maximum Gasteiger partial charge on any atom is 0.438 e. The maximum absolute atomic E-state index is 13.3. The summed E-state index contributed by atoms with van der Waals surface area (Å²) in [5, 5.41) is 26.6. The van der Waals surface area contributed by atoms with E-state index in [1.807, 2.05) is 0 Å². The first-order valence-electron chi connectivity index (χ1n) is 8.97. The van der Waals surface area contributed by atoms with E-state index in [1.165, 1.54) is 13.8 Å². The van der Waals surface area contributed by atoms with Gasteiger partial charge in [-0.15, -0.1) is 0 Å². The first-order valence-corrected chi connectivity index (χ1v) is 8.97. The van der Waals surface area contributed by atoms with Crippen LogP contribution in [0.2, 0.25) is 0 Å². The van der Waals surface area contributed by atoms with Gasteiger partial charge in [0.15, 0.2) is 0 Å². The highest BCUT2D eigenvalue weighted by Crippen LogP contribution is 2.42. The normalized spacial score (nSPS) is 26.3. The minimum Gasteiger partial charge on any atom is -0.362 e. The zero-order chi connectivity index (χ0) is 24.3. The van der Waals surface area contributed by atoms with Crippen molar-refractivity contribution < 1.29 is 46.1 Å². The van der Waals surface area contributed by atoms with Crippen LogP contribution >= 0.6 is 0 Å². The molecule has 2 N–H and O–H groups in total. The minimum atomic E-state index is -5.21. The number of amides is 2. The van der Waals surface area contributed by atoms with Crippen molar-refractivity contribution in [2.75, 3.05) is 0 Å². The average molecular weight is 466 g/mol. The van der Waals surface area contributed by atoms with Crippen molar-refractivity contribution in [1.82, 2.24) is 10.0 Å². The molecule has 2 amide bonds. The van der Waals surface area contributed by atoms with Gasteiger partial charge in [-0.2, -0.15) is 46.6 Å². The van der Waals surface area contributed by atoms with Gasteiger partial charge in [-0.1, -0.05) is 0 Å². The summed E-state index contributed by atoms with van der Waals surface area (Å²) in [6, 6.07) is 3.53. The fraction of sp³-hybridized carbons (Fsp3) is 0.444. The van der Waals surface area contributed by atoms with Crippen molar-refractivity contribution in [3.63, 3.8) is 0 Å². The van der Waals surface area contributed by atoms with Gasteiger partial charge in [-0.3, -0.25) is 9.59 Å². The zero-order valence-electron chi connectivity index (χ0n) is 16.5. The number of nitrogens with zero attached hydrogens (tertiary/aromatic N) is 4. The molecular formula is C18H16F6N4O4. The summed E-state index contributed by atoms with van der Waals surface area (Å²) in [6.45, 7) is 2.37. The first kappa shape index (κ1) is 23.7. The number of hydrazone groups is 2. The van der Waals surface area contributed by atoms with Crippen molar-refractivity contribution in [1.29, 1.82) is 0 Å². The monoisotopic (exact) mass is 466 g/mol. The largest absolute Gasteiger partial charge is 0.438 e. The van der Waals surface area contributed by atoms with Crippen LogP contribution in [0, 0.1) is 0 Å². The van der Waals surface area contributed by atoms with Crippen molar-refractivity contribution in [2.24, 2.45) is 10.2 Å². The van der Waals surface area contributed by atoms with E-state index in [0.717, 1.165) is 24.3 Å². The van der Waals surface area contributed by atoms with Crippen molar-refractivity contribution in [3.05, 3.63) is 35.4 Å². The lowest BCUT2D eigenvalue weighted by atomic mass is 10.0. The standard InChI is InChI=1S/C18H16F6N4O4/c1-9-7-15(31,17(19,20)21)27(25-9)13(29)11-3-5-12(6-4-11)14(30)28-16(32,18(22,23)24)8-10(2)26-28/h3-6,31-32H,7-8H2,1-2H3/t15-,16-/m0/s1. The van der Waals surface area contributed by atoms with Gasteiger partial charge in [-0.25, -0.2) is 0 Å². The van der Waals surface area contributed by atoms with Gasteiger partial charge >= 0.3 is 12.4 Å². The maximum atomic E-state index is 13.3. The molecular weight excluding hydrogens is 450 g/mol. The Kier molecular flexibility index (Phi) is 5.37. The third-order valence-electron chi connectivity index (χ3n) is 4.92. The van der Waals surface area contributed by atoms with Crippen LogP contribution in [0.5, 0.6) is 0 Å². The molecule has 3 rings (SSSR count). The molecule has 0 bridgehead atoms. The molecule has 174 valence electrons. The summed E-state index contributed by atoms with van der Waals surface area (Å²) in [4.78, 5) is 25.0. The number of alkyl halides is 6. The van der Waals surface area contributed by atoms with E-state index in [-0.39, 0.29) is 21.4 Å². The van der Waals surface area contributed by atoms with Gasteiger partial charge in [0.05, 0.1) is 0 Å². The molecule has 0 radical (unpaired) electrons. The van der Waals surface area contributed by atoms with Crippen LogP contribution in [0.1, 0.15) is 47.4 Å². The Morgan fingerprint density at radius 3 is 1.31 bits per heavy atom. The van der Waals surface area contributed by atoms with Crippen LogP contribution in [0.15, 0.2) is 34.5 Å². The third kappa shape index (κ3) is 3.62. The fourth-order valence-corrected chi connectivity index (χ4v) is 3.31. The number of halogens is 6. The molecule has 1 aromatic rings. The lowest BCUT2D eigenvalue weighted by molar-refractivity contribution is -0.297. The molecule has 2 heterocycles. The number of hydrogen-bond donors (Lipinski definition) is 2. The summed E-state index contributed by atoms with van der Waals surface area (Å²) >= 11 is 0. The Hall–Kier alpha value is -3.00. The molecule has 0 fully saturated rings. The summed E-state index contributed by atoms with van der Waals surface area (Å²) in [7, 11) is 0. The average Bonchev–Trinajstić information content (AvgIpc) is 3.16. The van der Waals surface area contributed by atoms with Crippen molar-refractivity contribution >= 4 is 23.2 Å². The van der Waals surface area contributed by atoms with Crippen molar-refractivity contribution in [3.8, 4) is 0 Å². The molecule has 0 saturated carbocycles. The second kappa shape index (κ2) is 7.27. The van der Waals surface area contributed by atoms with E-state index in [0.29, 0.717) is 0 Å². The van der Waals surface area contributed by atoms with Crippen LogP contribution in [-0.4, -0.2) is 67.3 Å². The predicted octanol–water partition coefficient (Wildman–Crippen LogP) is 2.63. The predicted molar refractivity (Wildman–Crippen MR) is 96.2 cm³/mol. The van der Waals surface area contributed by atoms with E-state index in [4.69, 9.17) is 0 Å². The summed E-state index contributed by atoms with van der Waals surface area (Å²) in [5.74, 6) is -2.69.